The van der Waals surface area contributed by atoms with Crippen LogP contribution in [0.15, 0.2) is 47.6 Å². The molecular formula is C13H13ClN2O3S. The minimum atomic E-state index is -3.69. The maximum atomic E-state index is 12.1. The molecule has 1 aromatic heterocycles. The Kier molecular flexibility index (Phi) is 4.59. The highest BCUT2D eigenvalue weighted by molar-refractivity contribution is 7.89. The predicted octanol–water partition coefficient (Wildman–Crippen LogP) is 2.22. The van der Waals surface area contributed by atoms with Crippen LogP contribution in [-0.4, -0.2) is 20.5 Å². The van der Waals surface area contributed by atoms with Crippen LogP contribution in [0.1, 0.15) is 5.56 Å². The molecule has 7 heteroatoms. The van der Waals surface area contributed by atoms with E-state index in [9.17, 15) is 8.42 Å². The Morgan fingerprint density at radius 3 is 2.85 bits per heavy atom. The first-order valence-electron chi connectivity index (χ1n) is 5.75. The van der Waals surface area contributed by atoms with Gasteiger partial charge in [-0.3, -0.25) is 4.98 Å². The quantitative estimate of drug-likeness (QED) is 0.919. The number of aromatic nitrogens is 1. The van der Waals surface area contributed by atoms with Crippen molar-refractivity contribution in [2.45, 2.75) is 11.4 Å². The molecule has 0 unspecified atom stereocenters. The van der Waals surface area contributed by atoms with Gasteiger partial charge >= 0.3 is 0 Å². The minimum absolute atomic E-state index is 0.0374. The fourth-order valence-electron chi connectivity index (χ4n) is 1.60. The lowest BCUT2D eigenvalue weighted by Crippen LogP contribution is -2.23. The number of halogens is 1. The molecular weight excluding hydrogens is 300 g/mol. The molecule has 20 heavy (non-hydrogen) atoms. The van der Waals surface area contributed by atoms with Gasteiger partial charge in [-0.15, -0.1) is 0 Å². The van der Waals surface area contributed by atoms with E-state index in [0.29, 0.717) is 5.75 Å². The molecule has 2 aromatic rings. The van der Waals surface area contributed by atoms with Gasteiger partial charge in [-0.2, -0.15) is 0 Å². The third-order valence-electron chi connectivity index (χ3n) is 2.62. The fraction of sp³-hybridized carbons (Fsp3) is 0.154. The van der Waals surface area contributed by atoms with Crippen molar-refractivity contribution in [2.24, 2.45) is 0 Å². The molecule has 0 saturated carbocycles. The van der Waals surface area contributed by atoms with Crippen LogP contribution in [0.4, 0.5) is 0 Å². The molecule has 0 aliphatic heterocycles. The van der Waals surface area contributed by atoms with Crippen molar-refractivity contribution in [3.8, 4) is 5.75 Å². The first kappa shape index (κ1) is 14.8. The number of sulfonamides is 1. The predicted molar refractivity (Wildman–Crippen MR) is 76.3 cm³/mol. The van der Waals surface area contributed by atoms with Crippen molar-refractivity contribution >= 4 is 21.6 Å². The van der Waals surface area contributed by atoms with Gasteiger partial charge in [0.1, 0.15) is 10.6 Å². The van der Waals surface area contributed by atoms with E-state index in [1.54, 1.807) is 31.4 Å². The van der Waals surface area contributed by atoms with Crippen LogP contribution in [0, 0.1) is 0 Å². The molecule has 0 aliphatic rings. The van der Waals surface area contributed by atoms with Crippen molar-refractivity contribution < 1.29 is 13.2 Å². The number of rotatable bonds is 5. The number of ether oxygens (including phenoxy) is 1. The van der Waals surface area contributed by atoms with E-state index < -0.39 is 10.0 Å². The maximum Gasteiger partial charge on any atom is 0.243 e. The second-order valence-electron chi connectivity index (χ2n) is 3.98. The van der Waals surface area contributed by atoms with Crippen molar-refractivity contribution in [2.75, 3.05) is 7.11 Å². The second-order valence-corrected chi connectivity index (χ2v) is 6.12. The second kappa shape index (κ2) is 6.21. The largest absolute Gasteiger partial charge is 0.497 e. The van der Waals surface area contributed by atoms with Crippen LogP contribution in [0.3, 0.4) is 0 Å². The monoisotopic (exact) mass is 312 g/mol. The van der Waals surface area contributed by atoms with E-state index >= 15 is 0 Å². The molecule has 0 fully saturated rings. The molecule has 0 aliphatic carbocycles. The summed E-state index contributed by atoms with van der Waals surface area (Å²) in [7, 11) is -2.14. The first-order valence-corrected chi connectivity index (χ1v) is 7.61. The molecule has 1 aromatic carbocycles. The molecule has 106 valence electrons. The van der Waals surface area contributed by atoms with Gasteiger partial charge in [-0.1, -0.05) is 23.7 Å². The van der Waals surface area contributed by atoms with Gasteiger partial charge in [0, 0.05) is 18.9 Å². The normalized spacial score (nSPS) is 11.3. The number of nitrogens with zero attached hydrogens (tertiary/aromatic N) is 1. The molecule has 1 N–H and O–H groups in total. The Morgan fingerprint density at radius 1 is 1.35 bits per heavy atom. The van der Waals surface area contributed by atoms with E-state index in [0.717, 1.165) is 5.56 Å². The van der Waals surface area contributed by atoms with Crippen LogP contribution >= 0.6 is 11.6 Å². The lowest BCUT2D eigenvalue weighted by molar-refractivity contribution is 0.414. The minimum Gasteiger partial charge on any atom is -0.497 e. The first-order chi connectivity index (χ1) is 9.53. The Bertz CT molecular complexity index is 704. The zero-order chi connectivity index (χ0) is 14.6. The summed E-state index contributed by atoms with van der Waals surface area (Å²) < 4.78 is 31.8. The van der Waals surface area contributed by atoms with Crippen LogP contribution in [0.2, 0.25) is 5.02 Å². The summed E-state index contributed by atoms with van der Waals surface area (Å²) in [5.74, 6) is 0.668. The van der Waals surface area contributed by atoms with Crippen molar-refractivity contribution in [3.05, 3.63) is 53.3 Å². The van der Waals surface area contributed by atoms with Crippen LogP contribution in [-0.2, 0) is 16.6 Å². The van der Waals surface area contributed by atoms with E-state index in [4.69, 9.17) is 16.3 Å². The third-order valence-corrected chi connectivity index (χ3v) is 4.49. The Morgan fingerprint density at radius 2 is 2.15 bits per heavy atom. The van der Waals surface area contributed by atoms with Crippen LogP contribution in [0.5, 0.6) is 5.75 Å². The molecule has 0 radical (unpaired) electrons. The Balaban J connectivity index is 2.15. The van der Waals surface area contributed by atoms with Crippen molar-refractivity contribution in [1.29, 1.82) is 0 Å². The molecule has 0 saturated heterocycles. The summed E-state index contributed by atoms with van der Waals surface area (Å²) in [6.45, 7) is 0.144. The SMILES string of the molecule is COc1cccc(CNS(=O)(=O)c2cnccc2Cl)c1. The standard InChI is InChI=1S/C13H13ClN2O3S/c1-19-11-4-2-3-10(7-11)8-16-20(17,18)13-9-15-6-5-12(13)14/h2-7,9,16H,8H2,1H3. The average molecular weight is 313 g/mol. The number of hydrogen-bond acceptors (Lipinski definition) is 4. The lowest BCUT2D eigenvalue weighted by atomic mass is 10.2. The molecule has 2 rings (SSSR count). The Hall–Kier alpha value is -1.63. The van der Waals surface area contributed by atoms with E-state index in [1.807, 2.05) is 0 Å². The topological polar surface area (TPSA) is 68.3 Å². The number of nitrogens with one attached hydrogen (secondary N) is 1. The molecule has 0 amide bonds. The van der Waals surface area contributed by atoms with Gasteiger partial charge in [0.2, 0.25) is 10.0 Å². The molecule has 0 atom stereocenters. The number of pyridine rings is 1. The van der Waals surface area contributed by atoms with Gasteiger partial charge in [-0.25, -0.2) is 13.1 Å². The van der Waals surface area contributed by atoms with Crippen molar-refractivity contribution in [3.63, 3.8) is 0 Å². The Labute approximate surface area is 122 Å². The van der Waals surface area contributed by atoms with Gasteiger partial charge in [0.05, 0.1) is 12.1 Å². The van der Waals surface area contributed by atoms with Crippen LogP contribution < -0.4 is 9.46 Å². The lowest BCUT2D eigenvalue weighted by Gasteiger charge is -2.08. The summed E-state index contributed by atoms with van der Waals surface area (Å²) in [5, 5.41) is 0.137. The molecule has 0 bridgehead atoms. The number of methoxy groups -OCH3 is 1. The highest BCUT2D eigenvalue weighted by Gasteiger charge is 2.17. The van der Waals surface area contributed by atoms with Gasteiger partial charge in [-0.05, 0) is 23.8 Å². The van der Waals surface area contributed by atoms with Gasteiger partial charge in [0.25, 0.3) is 0 Å². The highest BCUT2D eigenvalue weighted by atomic mass is 35.5. The zero-order valence-electron chi connectivity index (χ0n) is 10.7. The van der Waals surface area contributed by atoms with Gasteiger partial charge in [0.15, 0.2) is 0 Å². The summed E-state index contributed by atoms with van der Waals surface area (Å²) in [4.78, 5) is 3.73. The number of hydrogen-bond donors (Lipinski definition) is 1. The maximum absolute atomic E-state index is 12.1. The summed E-state index contributed by atoms with van der Waals surface area (Å²) in [5.41, 5.74) is 0.785. The third kappa shape index (κ3) is 3.47. The van der Waals surface area contributed by atoms with Gasteiger partial charge < -0.3 is 4.74 Å². The van der Waals surface area contributed by atoms with E-state index in [-0.39, 0.29) is 16.5 Å². The molecule has 5 nitrogen and oxygen atoms in total. The average Bonchev–Trinajstić information content (AvgIpc) is 2.46. The zero-order valence-corrected chi connectivity index (χ0v) is 12.3. The summed E-state index contributed by atoms with van der Waals surface area (Å²) in [6.07, 6.45) is 2.65. The number of benzene rings is 1. The summed E-state index contributed by atoms with van der Waals surface area (Å²) in [6, 6.07) is 8.57. The molecule has 1 heterocycles. The fourth-order valence-corrected chi connectivity index (χ4v) is 3.05. The van der Waals surface area contributed by atoms with E-state index in [1.165, 1.54) is 18.5 Å². The van der Waals surface area contributed by atoms with Crippen LogP contribution in [0.25, 0.3) is 0 Å². The van der Waals surface area contributed by atoms with Crippen molar-refractivity contribution in [1.82, 2.24) is 9.71 Å². The van der Waals surface area contributed by atoms with E-state index in [2.05, 4.69) is 9.71 Å². The molecule has 0 spiro atoms. The smallest absolute Gasteiger partial charge is 0.243 e. The summed E-state index contributed by atoms with van der Waals surface area (Å²) >= 11 is 5.86. The highest BCUT2D eigenvalue weighted by Crippen LogP contribution is 2.19.